The quantitative estimate of drug-likeness (QED) is 0.380. The van der Waals surface area contributed by atoms with Crippen LogP contribution < -0.4 is 10.6 Å². The third-order valence-corrected chi connectivity index (χ3v) is 5.47. The first-order valence-corrected chi connectivity index (χ1v) is 10.8. The van der Waals surface area contributed by atoms with Gasteiger partial charge in [0, 0.05) is 37.1 Å². The highest BCUT2D eigenvalue weighted by atomic mass is 32.1. The molecule has 2 rings (SSSR count). The Bertz CT molecular complexity index is 494. The summed E-state index contributed by atoms with van der Waals surface area (Å²) in [6, 6.07) is 0. The molecule has 142 valence electrons. The summed E-state index contributed by atoms with van der Waals surface area (Å²) in [4.78, 5) is 13.0. The minimum atomic E-state index is 0.883. The van der Waals surface area contributed by atoms with Crippen LogP contribution in [0.4, 0.5) is 0 Å². The van der Waals surface area contributed by atoms with E-state index in [2.05, 4.69) is 34.4 Å². The Labute approximate surface area is 157 Å². The number of aromatic nitrogens is 1. The van der Waals surface area contributed by atoms with Crippen LogP contribution in [-0.4, -0.2) is 55.1 Å². The molecule has 6 heteroatoms. The number of hydrogen-bond acceptors (Lipinski definition) is 4. The SMILES string of the molecule is CCNC(=NCCCCCN1CCCCC1)NCCc1ncc(C)s1. The molecule has 1 fully saturated rings. The number of unbranched alkanes of at least 4 members (excludes halogenated alkanes) is 2. The molecule has 0 radical (unpaired) electrons. The molecule has 5 nitrogen and oxygen atoms in total. The maximum atomic E-state index is 4.70. The number of aliphatic imine (C=N–C) groups is 1. The predicted octanol–water partition coefficient (Wildman–Crippen LogP) is 3.21. The number of nitrogens with zero attached hydrogens (tertiary/aromatic N) is 3. The number of aryl methyl sites for hydroxylation is 1. The summed E-state index contributed by atoms with van der Waals surface area (Å²) in [5.41, 5.74) is 0. The third kappa shape index (κ3) is 8.68. The molecule has 1 aromatic rings. The van der Waals surface area contributed by atoms with Crippen molar-refractivity contribution < 1.29 is 0 Å². The normalized spacial score (nSPS) is 16.2. The Kier molecular flexibility index (Phi) is 9.89. The van der Waals surface area contributed by atoms with Gasteiger partial charge in [-0.25, -0.2) is 4.98 Å². The number of piperidine rings is 1. The van der Waals surface area contributed by atoms with Crippen LogP contribution in [-0.2, 0) is 6.42 Å². The Morgan fingerprint density at radius 2 is 2.04 bits per heavy atom. The van der Waals surface area contributed by atoms with Crippen molar-refractivity contribution in [1.29, 1.82) is 0 Å². The third-order valence-electron chi connectivity index (χ3n) is 4.50. The van der Waals surface area contributed by atoms with Gasteiger partial charge in [0.05, 0.1) is 5.01 Å². The average molecular weight is 366 g/mol. The number of rotatable bonds is 10. The molecule has 0 amide bonds. The summed E-state index contributed by atoms with van der Waals surface area (Å²) in [5, 5.41) is 7.94. The van der Waals surface area contributed by atoms with Crippen LogP contribution in [0.2, 0.25) is 0 Å². The first-order valence-electron chi connectivity index (χ1n) is 9.94. The number of thiazole rings is 1. The maximum Gasteiger partial charge on any atom is 0.191 e. The molecule has 2 N–H and O–H groups in total. The number of nitrogens with one attached hydrogen (secondary N) is 2. The van der Waals surface area contributed by atoms with E-state index >= 15 is 0 Å². The van der Waals surface area contributed by atoms with Crippen LogP contribution in [0.1, 0.15) is 55.3 Å². The molecule has 1 aliphatic heterocycles. The van der Waals surface area contributed by atoms with Gasteiger partial charge < -0.3 is 15.5 Å². The molecule has 0 unspecified atom stereocenters. The van der Waals surface area contributed by atoms with Gasteiger partial charge >= 0.3 is 0 Å². The monoisotopic (exact) mass is 365 g/mol. The number of likely N-dealkylation sites (tertiary alicyclic amines) is 1. The minimum Gasteiger partial charge on any atom is -0.357 e. The Hall–Kier alpha value is -1.14. The zero-order chi connectivity index (χ0) is 17.7. The molecule has 25 heavy (non-hydrogen) atoms. The zero-order valence-electron chi connectivity index (χ0n) is 16.0. The fourth-order valence-corrected chi connectivity index (χ4v) is 3.93. The largest absolute Gasteiger partial charge is 0.357 e. The van der Waals surface area contributed by atoms with Crippen molar-refractivity contribution in [1.82, 2.24) is 20.5 Å². The first-order chi connectivity index (χ1) is 12.3. The van der Waals surface area contributed by atoms with Crippen molar-refractivity contribution in [3.05, 3.63) is 16.1 Å². The molecule has 1 saturated heterocycles. The van der Waals surface area contributed by atoms with Gasteiger partial charge in [0.25, 0.3) is 0 Å². The van der Waals surface area contributed by atoms with Gasteiger partial charge in [0.15, 0.2) is 5.96 Å². The van der Waals surface area contributed by atoms with Gasteiger partial charge in [-0.05, 0) is 59.2 Å². The fraction of sp³-hybridized carbons (Fsp3) is 0.789. The highest BCUT2D eigenvalue weighted by Gasteiger charge is 2.08. The highest BCUT2D eigenvalue weighted by Crippen LogP contribution is 2.11. The number of hydrogen-bond donors (Lipinski definition) is 2. The lowest BCUT2D eigenvalue weighted by Gasteiger charge is -2.26. The van der Waals surface area contributed by atoms with Crippen LogP contribution >= 0.6 is 11.3 Å². The lowest BCUT2D eigenvalue weighted by Crippen LogP contribution is -2.38. The number of guanidine groups is 1. The lowest BCUT2D eigenvalue weighted by molar-refractivity contribution is 0.224. The molecular weight excluding hydrogens is 330 g/mol. The van der Waals surface area contributed by atoms with E-state index in [1.165, 1.54) is 68.0 Å². The predicted molar refractivity (Wildman–Crippen MR) is 109 cm³/mol. The Morgan fingerprint density at radius 1 is 1.20 bits per heavy atom. The molecule has 2 heterocycles. The summed E-state index contributed by atoms with van der Waals surface area (Å²) in [7, 11) is 0. The Morgan fingerprint density at radius 3 is 2.76 bits per heavy atom. The van der Waals surface area contributed by atoms with Crippen molar-refractivity contribution in [3.8, 4) is 0 Å². The second-order valence-electron chi connectivity index (χ2n) is 6.77. The molecule has 0 spiro atoms. The van der Waals surface area contributed by atoms with E-state index in [0.29, 0.717) is 0 Å². The minimum absolute atomic E-state index is 0.883. The van der Waals surface area contributed by atoms with Gasteiger partial charge in [-0.1, -0.05) is 12.8 Å². The second-order valence-corrected chi connectivity index (χ2v) is 8.08. The van der Waals surface area contributed by atoms with Crippen LogP contribution in [0, 0.1) is 6.92 Å². The van der Waals surface area contributed by atoms with Crippen LogP contribution in [0.5, 0.6) is 0 Å². The van der Waals surface area contributed by atoms with Crippen molar-refractivity contribution in [2.24, 2.45) is 4.99 Å². The molecule has 1 aromatic heterocycles. The zero-order valence-corrected chi connectivity index (χ0v) is 16.8. The standard InChI is InChI=1S/C19H35N5S/c1-3-20-19(22-12-10-18-23-16-17(2)25-18)21-11-6-4-7-13-24-14-8-5-9-15-24/h16H,3-15H2,1-2H3,(H2,20,21,22). The van der Waals surface area contributed by atoms with Gasteiger partial charge in [0.1, 0.15) is 0 Å². The van der Waals surface area contributed by atoms with Gasteiger partial charge in [-0.3, -0.25) is 4.99 Å². The molecule has 0 atom stereocenters. The van der Waals surface area contributed by atoms with E-state index in [-0.39, 0.29) is 0 Å². The summed E-state index contributed by atoms with van der Waals surface area (Å²) >= 11 is 1.78. The van der Waals surface area contributed by atoms with E-state index in [0.717, 1.165) is 32.0 Å². The van der Waals surface area contributed by atoms with Gasteiger partial charge in [-0.2, -0.15) is 0 Å². The Balaban J connectivity index is 1.56. The van der Waals surface area contributed by atoms with Gasteiger partial charge in [0.2, 0.25) is 0 Å². The summed E-state index contributed by atoms with van der Waals surface area (Å²) in [6.45, 7) is 10.8. The highest BCUT2D eigenvalue weighted by molar-refractivity contribution is 7.11. The van der Waals surface area contributed by atoms with E-state index in [4.69, 9.17) is 4.99 Å². The van der Waals surface area contributed by atoms with Crippen molar-refractivity contribution in [2.75, 3.05) is 39.3 Å². The van der Waals surface area contributed by atoms with Crippen LogP contribution in [0.25, 0.3) is 0 Å². The van der Waals surface area contributed by atoms with Crippen LogP contribution in [0.15, 0.2) is 11.2 Å². The smallest absolute Gasteiger partial charge is 0.191 e. The maximum absolute atomic E-state index is 4.70. The van der Waals surface area contributed by atoms with Crippen molar-refractivity contribution >= 4 is 17.3 Å². The van der Waals surface area contributed by atoms with E-state index < -0.39 is 0 Å². The van der Waals surface area contributed by atoms with Crippen molar-refractivity contribution in [3.63, 3.8) is 0 Å². The molecule has 1 aliphatic rings. The topological polar surface area (TPSA) is 52.6 Å². The first kappa shape index (κ1) is 20.2. The fourth-order valence-electron chi connectivity index (χ4n) is 3.14. The van der Waals surface area contributed by atoms with E-state index in [9.17, 15) is 0 Å². The average Bonchev–Trinajstić information content (AvgIpc) is 3.04. The van der Waals surface area contributed by atoms with Crippen molar-refractivity contribution in [2.45, 2.75) is 58.8 Å². The van der Waals surface area contributed by atoms with Crippen LogP contribution in [0.3, 0.4) is 0 Å². The van der Waals surface area contributed by atoms with E-state index in [1.807, 2.05) is 6.20 Å². The van der Waals surface area contributed by atoms with Gasteiger partial charge in [-0.15, -0.1) is 11.3 Å². The molecule has 0 aromatic carbocycles. The molecular formula is C19H35N5S. The second kappa shape index (κ2) is 12.3. The molecule has 0 bridgehead atoms. The summed E-state index contributed by atoms with van der Waals surface area (Å²) in [6.07, 6.45) is 10.9. The summed E-state index contributed by atoms with van der Waals surface area (Å²) in [5.74, 6) is 0.937. The molecule has 0 saturated carbocycles. The summed E-state index contributed by atoms with van der Waals surface area (Å²) < 4.78 is 0. The van der Waals surface area contributed by atoms with E-state index in [1.54, 1.807) is 11.3 Å². The lowest BCUT2D eigenvalue weighted by atomic mass is 10.1. The molecule has 0 aliphatic carbocycles.